The third-order valence-corrected chi connectivity index (χ3v) is 4.97. The van der Waals surface area contributed by atoms with Gasteiger partial charge >= 0.3 is 0 Å². The molecule has 4 nitrogen and oxygen atoms in total. The van der Waals surface area contributed by atoms with Gasteiger partial charge in [-0.25, -0.2) is 0 Å². The van der Waals surface area contributed by atoms with Crippen molar-refractivity contribution in [1.29, 1.82) is 0 Å². The van der Waals surface area contributed by atoms with Crippen LogP contribution in [-0.2, 0) is 10.8 Å². The lowest BCUT2D eigenvalue weighted by Crippen LogP contribution is -2.18. The molecular formula is C25H33NO3. The van der Waals surface area contributed by atoms with Crippen LogP contribution in [0.25, 0.3) is 6.08 Å². The number of benzene rings is 2. The van der Waals surface area contributed by atoms with Crippen LogP contribution in [0.4, 0.5) is 5.69 Å². The zero-order chi connectivity index (χ0) is 22.0. The normalized spacial score (nSPS) is 12.3. The van der Waals surface area contributed by atoms with Crippen LogP contribution in [-0.4, -0.2) is 25.0 Å². The van der Waals surface area contributed by atoms with Gasteiger partial charge in [0.25, 0.3) is 0 Å². The van der Waals surface area contributed by atoms with Crippen LogP contribution >= 0.6 is 0 Å². The zero-order valence-corrected chi connectivity index (χ0v) is 18.8. The summed E-state index contributed by atoms with van der Waals surface area (Å²) >= 11 is 0. The standard InChI is InChI=1S/C25H33NO3/c1-24(2,3)19-15-20(25(4,5)6)23(29-8)18(22(19)28)13-14-21(27)16-9-11-17(26-7)12-10-16/h9-15,26,28H,1-8H3/b14-13+. The Morgan fingerprint density at radius 1 is 1.00 bits per heavy atom. The quantitative estimate of drug-likeness (QED) is 0.486. The summed E-state index contributed by atoms with van der Waals surface area (Å²) in [6.45, 7) is 12.5. The number of methoxy groups -OCH3 is 1. The fourth-order valence-corrected chi connectivity index (χ4v) is 3.24. The zero-order valence-electron chi connectivity index (χ0n) is 18.8. The number of ketones is 1. The molecule has 4 heteroatoms. The fourth-order valence-electron chi connectivity index (χ4n) is 3.24. The van der Waals surface area contributed by atoms with Crippen LogP contribution in [0, 0.1) is 0 Å². The lowest BCUT2D eigenvalue weighted by molar-refractivity contribution is 0.104. The van der Waals surface area contributed by atoms with Crippen LogP contribution < -0.4 is 10.1 Å². The van der Waals surface area contributed by atoms with Crippen LogP contribution in [0.5, 0.6) is 11.5 Å². The van der Waals surface area contributed by atoms with Crippen LogP contribution in [0.1, 0.15) is 68.6 Å². The van der Waals surface area contributed by atoms with Crippen LogP contribution in [0.2, 0.25) is 0 Å². The summed E-state index contributed by atoms with van der Waals surface area (Å²) in [5.41, 5.74) is 3.44. The smallest absolute Gasteiger partial charge is 0.185 e. The van der Waals surface area contributed by atoms with Gasteiger partial charge in [-0.1, -0.05) is 41.5 Å². The van der Waals surface area contributed by atoms with Crippen molar-refractivity contribution < 1.29 is 14.6 Å². The fraction of sp³-hybridized carbons (Fsp3) is 0.400. The Morgan fingerprint density at radius 3 is 2.00 bits per heavy atom. The van der Waals surface area contributed by atoms with E-state index in [0.717, 1.165) is 16.8 Å². The Labute approximate surface area is 174 Å². The molecule has 29 heavy (non-hydrogen) atoms. The maximum absolute atomic E-state index is 12.7. The molecule has 2 rings (SSSR count). The van der Waals surface area contributed by atoms with Gasteiger partial charge in [0.15, 0.2) is 5.78 Å². The molecule has 0 saturated heterocycles. The molecule has 156 valence electrons. The Hall–Kier alpha value is -2.75. The van der Waals surface area contributed by atoms with Crippen LogP contribution in [0.3, 0.4) is 0 Å². The molecule has 0 amide bonds. The van der Waals surface area contributed by atoms with Crippen molar-refractivity contribution in [2.45, 2.75) is 52.4 Å². The number of hydrogen-bond donors (Lipinski definition) is 2. The van der Waals surface area contributed by atoms with E-state index < -0.39 is 0 Å². The highest BCUT2D eigenvalue weighted by Crippen LogP contribution is 2.45. The molecule has 0 aliphatic rings. The van der Waals surface area contributed by atoms with Crippen molar-refractivity contribution in [2.24, 2.45) is 0 Å². The second-order valence-corrected chi connectivity index (χ2v) is 9.29. The number of carbonyl (C=O) groups excluding carboxylic acids is 1. The van der Waals surface area contributed by atoms with E-state index in [-0.39, 0.29) is 22.4 Å². The number of allylic oxidation sites excluding steroid dienone is 1. The number of anilines is 1. The van der Waals surface area contributed by atoms with E-state index in [1.807, 2.05) is 25.2 Å². The topological polar surface area (TPSA) is 58.6 Å². The minimum absolute atomic E-state index is 0.132. The predicted octanol–water partition coefficient (Wildman–Crippen LogP) is 5.93. The van der Waals surface area contributed by atoms with Gasteiger partial charge in [-0.05, 0) is 53.3 Å². The lowest BCUT2D eigenvalue weighted by atomic mass is 9.78. The molecule has 0 aliphatic heterocycles. The van der Waals surface area contributed by atoms with Gasteiger partial charge in [-0.2, -0.15) is 0 Å². The van der Waals surface area contributed by atoms with E-state index in [2.05, 4.69) is 46.9 Å². The van der Waals surface area contributed by atoms with E-state index in [1.54, 1.807) is 25.3 Å². The molecule has 0 aliphatic carbocycles. The van der Waals surface area contributed by atoms with Crippen molar-refractivity contribution in [3.05, 3.63) is 58.7 Å². The Morgan fingerprint density at radius 2 is 1.55 bits per heavy atom. The largest absolute Gasteiger partial charge is 0.507 e. The monoisotopic (exact) mass is 395 g/mol. The first-order valence-electron chi connectivity index (χ1n) is 9.85. The number of phenolic OH excluding ortho intramolecular Hbond substituents is 1. The van der Waals surface area contributed by atoms with E-state index in [0.29, 0.717) is 16.9 Å². The molecule has 0 atom stereocenters. The van der Waals surface area contributed by atoms with Crippen molar-refractivity contribution in [2.75, 3.05) is 19.5 Å². The van der Waals surface area contributed by atoms with Gasteiger partial charge in [-0.3, -0.25) is 4.79 Å². The van der Waals surface area contributed by atoms with E-state index in [1.165, 1.54) is 6.08 Å². The number of hydrogen-bond acceptors (Lipinski definition) is 4. The number of rotatable bonds is 5. The summed E-state index contributed by atoms with van der Waals surface area (Å²) in [6.07, 6.45) is 3.15. The third-order valence-electron chi connectivity index (χ3n) is 4.97. The summed E-state index contributed by atoms with van der Waals surface area (Å²) < 4.78 is 5.69. The molecule has 0 saturated carbocycles. The second-order valence-electron chi connectivity index (χ2n) is 9.29. The molecule has 0 aromatic heterocycles. The molecule has 0 heterocycles. The van der Waals surface area contributed by atoms with E-state index >= 15 is 0 Å². The SMILES string of the molecule is CNc1ccc(C(=O)/C=C/c2c(O)c(C(C)(C)C)cc(C(C)(C)C)c2OC)cc1. The van der Waals surface area contributed by atoms with Gasteiger partial charge in [0.1, 0.15) is 11.5 Å². The molecule has 0 unspecified atom stereocenters. The summed E-state index contributed by atoms with van der Waals surface area (Å²) in [4.78, 5) is 12.7. The summed E-state index contributed by atoms with van der Waals surface area (Å²) in [6, 6.07) is 9.29. The number of carbonyl (C=O) groups is 1. The molecular weight excluding hydrogens is 362 g/mol. The summed E-state index contributed by atoms with van der Waals surface area (Å²) in [5.74, 6) is 0.613. The third kappa shape index (κ3) is 5.00. The highest BCUT2D eigenvalue weighted by atomic mass is 16.5. The first-order chi connectivity index (χ1) is 13.4. The highest BCUT2D eigenvalue weighted by Gasteiger charge is 2.29. The number of ether oxygens (including phenoxy) is 1. The minimum atomic E-state index is -0.258. The first kappa shape index (κ1) is 22.5. The van der Waals surface area contributed by atoms with E-state index in [9.17, 15) is 9.90 Å². The number of phenols is 1. The number of aromatic hydroxyl groups is 1. The average molecular weight is 396 g/mol. The summed E-state index contributed by atoms with van der Waals surface area (Å²) in [7, 11) is 3.43. The van der Waals surface area contributed by atoms with Crippen molar-refractivity contribution >= 4 is 17.5 Å². The molecule has 0 radical (unpaired) electrons. The molecule has 2 N–H and O–H groups in total. The molecule has 2 aromatic rings. The maximum Gasteiger partial charge on any atom is 0.185 e. The Kier molecular flexibility index (Phi) is 6.46. The van der Waals surface area contributed by atoms with Crippen molar-refractivity contribution in [3.63, 3.8) is 0 Å². The van der Waals surface area contributed by atoms with Crippen molar-refractivity contribution in [3.8, 4) is 11.5 Å². The predicted molar refractivity (Wildman–Crippen MR) is 121 cm³/mol. The van der Waals surface area contributed by atoms with Crippen molar-refractivity contribution in [1.82, 2.24) is 0 Å². The van der Waals surface area contributed by atoms with Crippen LogP contribution in [0.15, 0.2) is 36.4 Å². The minimum Gasteiger partial charge on any atom is -0.507 e. The highest BCUT2D eigenvalue weighted by molar-refractivity contribution is 6.07. The van der Waals surface area contributed by atoms with Gasteiger partial charge in [0.05, 0.1) is 12.7 Å². The molecule has 0 spiro atoms. The first-order valence-corrected chi connectivity index (χ1v) is 9.85. The van der Waals surface area contributed by atoms with E-state index in [4.69, 9.17) is 4.74 Å². The summed E-state index contributed by atoms with van der Waals surface area (Å²) in [5, 5.41) is 14.1. The second kappa shape index (κ2) is 8.32. The van der Waals surface area contributed by atoms with Gasteiger partial charge in [0, 0.05) is 29.4 Å². The average Bonchev–Trinajstić information content (AvgIpc) is 2.64. The van der Waals surface area contributed by atoms with Gasteiger partial charge in [0.2, 0.25) is 0 Å². The molecule has 2 aromatic carbocycles. The number of nitrogens with one attached hydrogen (secondary N) is 1. The molecule has 0 bridgehead atoms. The maximum atomic E-state index is 12.7. The Bertz CT molecular complexity index is 911. The van der Waals surface area contributed by atoms with Gasteiger partial charge < -0.3 is 15.2 Å². The lowest BCUT2D eigenvalue weighted by Gasteiger charge is -2.29. The van der Waals surface area contributed by atoms with Gasteiger partial charge in [-0.15, -0.1) is 0 Å². The molecule has 0 fully saturated rings. The Balaban J connectivity index is 2.60.